The minimum Gasteiger partial charge on any atom is -0.508 e. The van der Waals surface area contributed by atoms with Gasteiger partial charge in [-0.05, 0) is 26.0 Å². The van der Waals surface area contributed by atoms with Crippen molar-refractivity contribution >= 4 is 11.0 Å². The number of fused-ring (bicyclic) bond motifs is 1. The van der Waals surface area contributed by atoms with Crippen LogP contribution >= 0.6 is 0 Å². The molecule has 4 heterocycles. The molecular formula is C33H40O21. The molecule has 0 saturated carbocycles. The van der Waals surface area contributed by atoms with Gasteiger partial charge in [-0.2, -0.15) is 0 Å². The lowest BCUT2D eigenvalue weighted by molar-refractivity contribution is -0.318. The Kier molecular flexibility index (Phi) is 11.2. The van der Waals surface area contributed by atoms with Gasteiger partial charge in [-0.15, -0.1) is 0 Å². The maximum absolute atomic E-state index is 14.0. The van der Waals surface area contributed by atoms with E-state index in [2.05, 4.69) is 0 Å². The highest BCUT2D eigenvalue weighted by molar-refractivity contribution is 5.88. The van der Waals surface area contributed by atoms with Gasteiger partial charge in [0.05, 0.1) is 18.8 Å². The largest absolute Gasteiger partial charge is 0.508 e. The van der Waals surface area contributed by atoms with Gasteiger partial charge in [-0.1, -0.05) is 0 Å². The van der Waals surface area contributed by atoms with Crippen LogP contribution < -0.4 is 14.9 Å². The Hall–Kier alpha value is -4.07. The molecule has 3 fully saturated rings. The first-order valence-electron chi connectivity index (χ1n) is 16.5. The summed E-state index contributed by atoms with van der Waals surface area (Å²) in [6.45, 7) is 2.07. The first-order valence-corrected chi connectivity index (χ1v) is 16.5. The van der Waals surface area contributed by atoms with Crippen LogP contribution in [0.15, 0.2) is 33.5 Å². The lowest BCUT2D eigenvalue weighted by Gasteiger charge is -2.42. The standard InChI is InChI=1S/C33H40O21/c1-8-18(37)23(42)26(45)31(49-8)48-7-16-21(40)25(44)28(47)33(53-16)54-30-22(41)17-12(35)5-11(34)6-14(17)51-29(30)10-3-13(36)20(39)15(4-10)52-32-27(46)24(43)19(38)9(2)50-32/h3-6,8-9,16,18-19,21,23-28,31-40,42-47H,7H2,1-2H3/t8-,9-,16+,18-,19-,21+,23+,24+,25-,26+,27+,28+,31+,32-,33-/m0/s1. The molecule has 1 aromatic heterocycles. The molecule has 0 unspecified atom stereocenters. The van der Waals surface area contributed by atoms with Crippen LogP contribution in [0.4, 0.5) is 0 Å². The molecular weight excluding hydrogens is 732 g/mol. The second-order valence-corrected chi connectivity index (χ2v) is 13.2. The monoisotopic (exact) mass is 772 g/mol. The van der Waals surface area contributed by atoms with Crippen molar-refractivity contribution in [1.29, 1.82) is 0 Å². The molecule has 3 saturated heterocycles. The van der Waals surface area contributed by atoms with E-state index in [0.29, 0.717) is 0 Å². The van der Waals surface area contributed by atoms with Crippen molar-refractivity contribution in [2.24, 2.45) is 0 Å². The van der Waals surface area contributed by atoms with Gasteiger partial charge in [0, 0.05) is 17.7 Å². The molecule has 3 aromatic rings. The first-order chi connectivity index (χ1) is 25.4. The third kappa shape index (κ3) is 7.22. The summed E-state index contributed by atoms with van der Waals surface area (Å²) in [5.74, 6) is -5.28. The molecule has 3 aliphatic heterocycles. The van der Waals surface area contributed by atoms with Crippen molar-refractivity contribution in [2.45, 2.75) is 106 Å². The van der Waals surface area contributed by atoms with Crippen LogP contribution in [-0.4, -0.2) is 165 Å². The quantitative estimate of drug-likeness (QED) is 0.0989. The maximum atomic E-state index is 14.0. The number of aliphatic hydroxyl groups is 9. The van der Waals surface area contributed by atoms with E-state index in [1.165, 1.54) is 13.8 Å². The van der Waals surface area contributed by atoms with Crippen LogP contribution in [0.25, 0.3) is 22.3 Å². The molecule has 0 aliphatic carbocycles. The second kappa shape index (κ2) is 15.2. The summed E-state index contributed by atoms with van der Waals surface area (Å²) >= 11 is 0. The van der Waals surface area contributed by atoms with Crippen LogP contribution in [0, 0.1) is 0 Å². The Labute approximate surface area is 303 Å². The zero-order chi connectivity index (χ0) is 39.5. The number of aliphatic hydroxyl groups excluding tert-OH is 9. The van der Waals surface area contributed by atoms with Crippen molar-refractivity contribution in [2.75, 3.05) is 6.61 Å². The van der Waals surface area contributed by atoms with Crippen molar-refractivity contribution in [3.8, 4) is 45.8 Å². The van der Waals surface area contributed by atoms with Crippen LogP contribution in [0.3, 0.4) is 0 Å². The maximum Gasteiger partial charge on any atom is 0.239 e. The van der Waals surface area contributed by atoms with E-state index >= 15 is 0 Å². The fourth-order valence-corrected chi connectivity index (χ4v) is 6.22. The summed E-state index contributed by atoms with van der Waals surface area (Å²) in [5.41, 5.74) is -1.94. The first kappa shape index (κ1) is 39.6. The summed E-state index contributed by atoms with van der Waals surface area (Å²) in [4.78, 5) is 14.0. The molecule has 0 spiro atoms. The number of phenols is 4. The summed E-state index contributed by atoms with van der Waals surface area (Å²) in [5, 5.41) is 135. The predicted octanol–water partition coefficient (Wildman–Crippen LogP) is -3.48. The van der Waals surface area contributed by atoms with Gasteiger partial charge in [0.2, 0.25) is 29.5 Å². The molecule has 21 heteroatoms. The van der Waals surface area contributed by atoms with Crippen molar-refractivity contribution < 1.29 is 99.2 Å². The molecule has 13 N–H and O–H groups in total. The Morgan fingerprint density at radius 2 is 1.17 bits per heavy atom. The molecule has 298 valence electrons. The number of ether oxygens (including phenoxy) is 6. The van der Waals surface area contributed by atoms with Crippen LogP contribution in [0.2, 0.25) is 0 Å². The van der Waals surface area contributed by atoms with Gasteiger partial charge in [0.25, 0.3) is 0 Å². The van der Waals surface area contributed by atoms with Crippen molar-refractivity contribution in [1.82, 2.24) is 0 Å². The third-order valence-corrected chi connectivity index (χ3v) is 9.42. The molecule has 0 bridgehead atoms. The second-order valence-electron chi connectivity index (χ2n) is 13.2. The van der Waals surface area contributed by atoms with E-state index in [0.717, 1.165) is 24.3 Å². The fraction of sp³-hybridized carbons (Fsp3) is 0.545. The molecule has 3 aliphatic rings. The van der Waals surface area contributed by atoms with Gasteiger partial charge < -0.3 is 99.2 Å². The zero-order valence-electron chi connectivity index (χ0n) is 28.3. The average molecular weight is 773 g/mol. The minimum absolute atomic E-state index is 0.333. The number of benzene rings is 2. The number of phenolic OH excluding ortho intramolecular Hbond substituents is 4. The third-order valence-electron chi connectivity index (χ3n) is 9.42. The van der Waals surface area contributed by atoms with E-state index in [-0.39, 0.29) is 5.56 Å². The summed E-state index contributed by atoms with van der Waals surface area (Å²) < 4.78 is 39.0. The Morgan fingerprint density at radius 1 is 0.611 bits per heavy atom. The fourth-order valence-electron chi connectivity index (χ4n) is 6.22. The van der Waals surface area contributed by atoms with E-state index in [1.807, 2.05) is 0 Å². The predicted molar refractivity (Wildman–Crippen MR) is 173 cm³/mol. The lowest BCUT2D eigenvalue weighted by Crippen LogP contribution is -2.61. The highest BCUT2D eigenvalue weighted by atomic mass is 16.7. The molecule has 6 rings (SSSR count). The summed E-state index contributed by atoms with van der Waals surface area (Å²) in [6, 6.07) is 3.57. The molecule has 2 aromatic carbocycles. The Balaban J connectivity index is 1.36. The minimum atomic E-state index is -2.10. The van der Waals surface area contributed by atoms with E-state index in [4.69, 9.17) is 32.8 Å². The molecule has 0 amide bonds. The zero-order valence-corrected chi connectivity index (χ0v) is 28.3. The van der Waals surface area contributed by atoms with Gasteiger partial charge >= 0.3 is 0 Å². The smallest absolute Gasteiger partial charge is 0.239 e. The Morgan fingerprint density at radius 3 is 1.80 bits per heavy atom. The number of aromatic hydroxyl groups is 4. The van der Waals surface area contributed by atoms with E-state index < -0.39 is 155 Å². The van der Waals surface area contributed by atoms with Gasteiger partial charge in [-0.3, -0.25) is 4.79 Å². The number of hydrogen-bond donors (Lipinski definition) is 13. The average Bonchev–Trinajstić information content (AvgIpc) is 3.12. The van der Waals surface area contributed by atoms with Gasteiger partial charge in [0.15, 0.2) is 23.5 Å². The highest BCUT2D eigenvalue weighted by Gasteiger charge is 2.48. The van der Waals surface area contributed by atoms with E-state index in [1.54, 1.807) is 0 Å². The molecule has 15 atom stereocenters. The SMILES string of the molecule is C[C@@H]1O[C@@H](OC[C@H]2O[C@@H](Oc3c(-c4cc(O)c(O)c(O[C@@H]5O[C@@H](C)[C@H](O)[C@@H](O)[C@H]5O)c4)oc4cc(O)cc(O)c4c3=O)[C@H](O)[C@@H](O)[C@@H]2O)[C@H](O)[C@H](O)[C@H]1O. The molecule has 0 radical (unpaired) electrons. The lowest BCUT2D eigenvalue weighted by atomic mass is 9.98. The van der Waals surface area contributed by atoms with E-state index in [9.17, 15) is 71.2 Å². The van der Waals surface area contributed by atoms with Crippen molar-refractivity contribution in [3.05, 3.63) is 34.5 Å². The van der Waals surface area contributed by atoms with Gasteiger partial charge in [0.1, 0.15) is 83.5 Å². The Bertz CT molecular complexity index is 1880. The number of rotatable bonds is 8. The highest BCUT2D eigenvalue weighted by Crippen LogP contribution is 2.44. The van der Waals surface area contributed by atoms with Crippen LogP contribution in [0.5, 0.6) is 34.5 Å². The number of hydrogen-bond acceptors (Lipinski definition) is 21. The van der Waals surface area contributed by atoms with Crippen molar-refractivity contribution in [3.63, 3.8) is 0 Å². The van der Waals surface area contributed by atoms with Crippen LogP contribution in [-0.2, 0) is 18.9 Å². The normalized spacial score (nSPS) is 37.3. The molecule has 21 nitrogen and oxygen atoms in total. The summed E-state index contributed by atoms with van der Waals surface area (Å²) in [6.07, 6.45) is -24.9. The topological polar surface area (TPSA) is 349 Å². The van der Waals surface area contributed by atoms with Gasteiger partial charge in [-0.25, -0.2) is 0 Å². The summed E-state index contributed by atoms with van der Waals surface area (Å²) in [7, 11) is 0. The van der Waals surface area contributed by atoms with Crippen LogP contribution in [0.1, 0.15) is 13.8 Å². The molecule has 54 heavy (non-hydrogen) atoms.